The Hall–Kier alpha value is -0.800. The number of hydrogen-bond acceptors (Lipinski definition) is 3. The first-order valence-electron chi connectivity index (χ1n) is 6.79. The van der Waals surface area contributed by atoms with Gasteiger partial charge in [0.2, 0.25) is 0 Å². The van der Waals surface area contributed by atoms with E-state index in [-0.39, 0.29) is 6.54 Å². The Morgan fingerprint density at radius 2 is 1.47 bits per heavy atom. The fraction of sp³-hybridized carbons (Fsp3) is 0.923. The maximum Gasteiger partial charge on any atom is 0.405 e. The van der Waals surface area contributed by atoms with Gasteiger partial charge in [-0.3, -0.25) is 0 Å². The van der Waals surface area contributed by atoms with Crippen molar-refractivity contribution in [2.75, 3.05) is 39.3 Å². The molecule has 0 bridgehead atoms. The fourth-order valence-electron chi connectivity index (χ4n) is 1.91. The molecule has 0 aliphatic rings. The lowest BCUT2D eigenvalue weighted by Crippen LogP contribution is -2.37. The van der Waals surface area contributed by atoms with Crippen LogP contribution in [0.2, 0.25) is 0 Å². The zero-order valence-corrected chi connectivity index (χ0v) is 12.0. The zero-order chi connectivity index (χ0) is 14.9. The summed E-state index contributed by atoms with van der Waals surface area (Å²) < 4.78 is 37.6. The van der Waals surface area contributed by atoms with E-state index in [9.17, 15) is 13.2 Å². The average Bonchev–Trinajstić information content (AvgIpc) is 2.36. The third kappa shape index (κ3) is 7.38. The lowest BCUT2D eigenvalue weighted by Gasteiger charge is -2.25. The van der Waals surface area contributed by atoms with Crippen molar-refractivity contribution in [2.24, 2.45) is 5.92 Å². The highest BCUT2D eigenvalue weighted by molar-refractivity contribution is 4.90. The first-order chi connectivity index (χ1) is 8.88. The van der Waals surface area contributed by atoms with Gasteiger partial charge in [0, 0.05) is 6.54 Å². The van der Waals surface area contributed by atoms with Crippen LogP contribution >= 0.6 is 0 Å². The summed E-state index contributed by atoms with van der Waals surface area (Å²) >= 11 is 0. The van der Waals surface area contributed by atoms with Crippen molar-refractivity contribution >= 4 is 0 Å². The van der Waals surface area contributed by atoms with Crippen molar-refractivity contribution in [3.8, 4) is 6.07 Å². The van der Waals surface area contributed by atoms with Gasteiger partial charge in [-0.2, -0.15) is 18.4 Å². The second kappa shape index (κ2) is 9.16. The third-order valence-corrected chi connectivity index (χ3v) is 3.28. The first kappa shape index (κ1) is 18.2. The van der Waals surface area contributed by atoms with Gasteiger partial charge in [0.15, 0.2) is 5.92 Å². The normalized spacial score (nSPS) is 13.8. The number of nitriles is 1. The van der Waals surface area contributed by atoms with Crippen LogP contribution in [0.5, 0.6) is 0 Å². The summed E-state index contributed by atoms with van der Waals surface area (Å²) in [7, 11) is 0. The van der Waals surface area contributed by atoms with Crippen LogP contribution in [0.25, 0.3) is 0 Å². The molecule has 1 atom stereocenters. The van der Waals surface area contributed by atoms with Crippen molar-refractivity contribution in [3.05, 3.63) is 0 Å². The minimum absolute atomic E-state index is 0.227. The summed E-state index contributed by atoms with van der Waals surface area (Å²) in [5.41, 5.74) is 0. The van der Waals surface area contributed by atoms with Crippen molar-refractivity contribution < 1.29 is 13.2 Å². The smallest absolute Gasteiger partial charge is 0.304 e. The van der Waals surface area contributed by atoms with E-state index in [1.165, 1.54) is 6.07 Å². The van der Waals surface area contributed by atoms with E-state index in [0.29, 0.717) is 13.1 Å². The summed E-state index contributed by atoms with van der Waals surface area (Å²) in [4.78, 5) is 3.93. The molecule has 3 nitrogen and oxygen atoms in total. The van der Waals surface area contributed by atoms with Crippen LogP contribution in [0.1, 0.15) is 27.2 Å². The Morgan fingerprint density at radius 3 is 1.84 bits per heavy atom. The number of rotatable bonds is 9. The van der Waals surface area contributed by atoms with E-state index >= 15 is 0 Å². The predicted molar refractivity (Wildman–Crippen MR) is 69.7 cm³/mol. The topological polar surface area (TPSA) is 30.3 Å². The minimum Gasteiger partial charge on any atom is -0.304 e. The Morgan fingerprint density at radius 1 is 1.00 bits per heavy atom. The maximum atomic E-state index is 12.5. The SMILES string of the molecule is CCN(CC)CCCN(CC)CC(C#N)C(F)(F)F. The molecule has 1 unspecified atom stereocenters. The summed E-state index contributed by atoms with van der Waals surface area (Å²) in [5.74, 6) is -1.89. The Labute approximate surface area is 114 Å². The van der Waals surface area contributed by atoms with Crippen LogP contribution in [-0.2, 0) is 0 Å². The Kier molecular flexibility index (Phi) is 8.77. The van der Waals surface area contributed by atoms with Gasteiger partial charge in [0.25, 0.3) is 0 Å². The summed E-state index contributed by atoms with van der Waals surface area (Å²) in [6, 6.07) is 1.35. The van der Waals surface area contributed by atoms with Crippen molar-refractivity contribution in [3.63, 3.8) is 0 Å². The first-order valence-corrected chi connectivity index (χ1v) is 6.79. The second-order valence-electron chi connectivity index (χ2n) is 4.50. The Bertz CT molecular complexity index is 269. The highest BCUT2D eigenvalue weighted by atomic mass is 19.4. The van der Waals surface area contributed by atoms with Crippen LogP contribution < -0.4 is 0 Å². The van der Waals surface area contributed by atoms with E-state index < -0.39 is 12.1 Å². The van der Waals surface area contributed by atoms with Crippen LogP contribution in [-0.4, -0.2) is 55.2 Å². The van der Waals surface area contributed by atoms with Crippen LogP contribution in [0.4, 0.5) is 13.2 Å². The molecular formula is C13H24F3N3. The molecule has 0 saturated heterocycles. The Balaban J connectivity index is 4.18. The minimum atomic E-state index is -4.43. The molecule has 0 aliphatic carbocycles. The predicted octanol–water partition coefficient (Wildman–Crippen LogP) is 2.74. The lowest BCUT2D eigenvalue weighted by molar-refractivity contribution is -0.163. The fourth-order valence-corrected chi connectivity index (χ4v) is 1.91. The zero-order valence-electron chi connectivity index (χ0n) is 12.0. The highest BCUT2D eigenvalue weighted by Gasteiger charge is 2.40. The molecular weight excluding hydrogens is 255 g/mol. The molecule has 0 aliphatic heterocycles. The summed E-state index contributed by atoms with van der Waals surface area (Å²) in [6.45, 7) is 9.64. The van der Waals surface area contributed by atoms with Crippen molar-refractivity contribution in [1.82, 2.24) is 9.80 Å². The van der Waals surface area contributed by atoms with Gasteiger partial charge in [-0.15, -0.1) is 0 Å². The molecule has 6 heteroatoms. The van der Waals surface area contributed by atoms with E-state index in [0.717, 1.165) is 26.1 Å². The largest absolute Gasteiger partial charge is 0.405 e. The maximum absolute atomic E-state index is 12.5. The molecule has 0 aromatic heterocycles. The van der Waals surface area contributed by atoms with Gasteiger partial charge in [-0.1, -0.05) is 20.8 Å². The van der Waals surface area contributed by atoms with E-state index in [1.807, 2.05) is 6.92 Å². The molecule has 0 N–H and O–H groups in total. The molecule has 112 valence electrons. The van der Waals surface area contributed by atoms with E-state index in [1.54, 1.807) is 4.90 Å². The standard InChI is InChI=1S/C13H24F3N3/c1-4-18(5-2)8-7-9-19(6-3)11-12(10-17)13(14,15)16/h12H,4-9,11H2,1-3H3. The molecule has 0 saturated carbocycles. The van der Waals surface area contributed by atoms with Gasteiger partial charge in [-0.05, 0) is 39.1 Å². The van der Waals surface area contributed by atoms with Gasteiger partial charge >= 0.3 is 6.18 Å². The molecule has 0 spiro atoms. The van der Waals surface area contributed by atoms with Crippen molar-refractivity contribution in [2.45, 2.75) is 33.4 Å². The molecule has 19 heavy (non-hydrogen) atoms. The van der Waals surface area contributed by atoms with Crippen LogP contribution in [0.15, 0.2) is 0 Å². The molecule has 0 rings (SSSR count). The summed E-state index contributed by atoms with van der Waals surface area (Å²) in [5, 5.41) is 8.59. The van der Waals surface area contributed by atoms with Gasteiger partial charge < -0.3 is 9.80 Å². The van der Waals surface area contributed by atoms with Gasteiger partial charge in [0.1, 0.15) is 0 Å². The van der Waals surface area contributed by atoms with Gasteiger partial charge in [-0.25, -0.2) is 0 Å². The highest BCUT2D eigenvalue weighted by Crippen LogP contribution is 2.26. The van der Waals surface area contributed by atoms with Gasteiger partial charge in [0.05, 0.1) is 6.07 Å². The van der Waals surface area contributed by atoms with Crippen LogP contribution in [0, 0.1) is 17.2 Å². The number of nitrogens with zero attached hydrogens (tertiary/aromatic N) is 3. The molecule has 0 heterocycles. The lowest BCUT2D eigenvalue weighted by atomic mass is 10.1. The quantitative estimate of drug-likeness (QED) is 0.650. The monoisotopic (exact) mass is 279 g/mol. The molecule has 0 amide bonds. The summed E-state index contributed by atoms with van der Waals surface area (Å²) in [6.07, 6.45) is -3.60. The number of alkyl halides is 3. The van der Waals surface area contributed by atoms with Crippen molar-refractivity contribution in [1.29, 1.82) is 5.26 Å². The average molecular weight is 279 g/mol. The molecule has 0 aromatic rings. The van der Waals surface area contributed by atoms with Crippen LogP contribution in [0.3, 0.4) is 0 Å². The van der Waals surface area contributed by atoms with E-state index in [4.69, 9.17) is 5.26 Å². The number of hydrogen-bond donors (Lipinski definition) is 0. The number of halogens is 3. The molecule has 0 radical (unpaired) electrons. The molecule has 0 aromatic carbocycles. The second-order valence-corrected chi connectivity index (χ2v) is 4.50. The third-order valence-electron chi connectivity index (χ3n) is 3.28. The molecule has 0 fully saturated rings. The van der Waals surface area contributed by atoms with E-state index in [2.05, 4.69) is 18.7 Å².